The molecule has 1 amide bonds. The second-order valence-electron chi connectivity index (χ2n) is 7.28. The van der Waals surface area contributed by atoms with Crippen LogP contribution in [0.3, 0.4) is 0 Å². The van der Waals surface area contributed by atoms with Crippen molar-refractivity contribution in [1.82, 2.24) is 4.90 Å². The maximum atomic E-state index is 13.3. The van der Waals surface area contributed by atoms with Gasteiger partial charge < -0.3 is 18.8 Å². The second-order valence-corrected chi connectivity index (χ2v) is 7.28. The molecule has 0 bridgehead atoms. The van der Waals surface area contributed by atoms with Crippen molar-refractivity contribution in [3.8, 4) is 11.5 Å². The number of furan rings is 1. The Kier molecular flexibility index (Phi) is 5.24. The molecular formula is C23H25NO4. The molecule has 1 atom stereocenters. The number of para-hydroxylation sites is 1. The Morgan fingerprint density at radius 2 is 2.00 bits per heavy atom. The Labute approximate surface area is 164 Å². The molecule has 3 aromatic rings. The van der Waals surface area contributed by atoms with Crippen molar-refractivity contribution < 1.29 is 18.7 Å². The maximum absolute atomic E-state index is 13.3. The number of hydrogen-bond acceptors (Lipinski definition) is 4. The average molecular weight is 379 g/mol. The molecule has 0 N–H and O–H groups in total. The van der Waals surface area contributed by atoms with Gasteiger partial charge >= 0.3 is 0 Å². The van der Waals surface area contributed by atoms with Gasteiger partial charge in [0.2, 0.25) is 0 Å². The van der Waals surface area contributed by atoms with Gasteiger partial charge in [-0.1, -0.05) is 18.2 Å². The Morgan fingerprint density at radius 1 is 1.18 bits per heavy atom. The Bertz CT molecular complexity index is 963. The molecule has 0 saturated carbocycles. The molecule has 5 heteroatoms. The summed E-state index contributed by atoms with van der Waals surface area (Å²) in [7, 11) is 1.62. The molecule has 1 saturated heterocycles. The fourth-order valence-electron chi connectivity index (χ4n) is 3.87. The third-order valence-electron chi connectivity index (χ3n) is 5.32. The van der Waals surface area contributed by atoms with Gasteiger partial charge in [-0.15, -0.1) is 0 Å². The van der Waals surface area contributed by atoms with Crippen LogP contribution in [0, 0.1) is 12.8 Å². The number of rotatable bonds is 5. The predicted molar refractivity (Wildman–Crippen MR) is 108 cm³/mol. The van der Waals surface area contributed by atoms with Gasteiger partial charge in [-0.2, -0.15) is 0 Å². The highest BCUT2D eigenvalue weighted by Crippen LogP contribution is 2.31. The number of hydrogen-bond donors (Lipinski definition) is 0. The standard InChI is InChI=1S/C23H25NO4/c1-16-22(20-13-19(26-2)10-11-21(20)28-16)23(25)24-12-6-7-17(14-24)15-27-18-8-4-3-5-9-18/h3-5,8-11,13,17H,6-7,12,14-15H2,1-2H3. The van der Waals surface area contributed by atoms with Gasteiger partial charge in [0.1, 0.15) is 22.8 Å². The van der Waals surface area contributed by atoms with E-state index in [-0.39, 0.29) is 5.91 Å². The van der Waals surface area contributed by atoms with Gasteiger partial charge in [0, 0.05) is 24.4 Å². The van der Waals surface area contributed by atoms with E-state index in [0.29, 0.717) is 36.0 Å². The van der Waals surface area contributed by atoms with E-state index >= 15 is 0 Å². The third-order valence-corrected chi connectivity index (χ3v) is 5.32. The quantitative estimate of drug-likeness (QED) is 0.646. The molecule has 2 heterocycles. The number of amides is 1. The molecule has 1 aromatic heterocycles. The summed E-state index contributed by atoms with van der Waals surface area (Å²) in [6.07, 6.45) is 2.04. The minimum Gasteiger partial charge on any atom is -0.497 e. The SMILES string of the molecule is COc1ccc2oc(C)c(C(=O)N3CCCC(COc4ccccc4)C3)c2c1. The molecule has 1 unspecified atom stereocenters. The summed E-state index contributed by atoms with van der Waals surface area (Å²) in [6.45, 7) is 3.92. The van der Waals surface area contributed by atoms with E-state index in [4.69, 9.17) is 13.9 Å². The highest BCUT2D eigenvalue weighted by molar-refractivity contribution is 6.07. The molecule has 28 heavy (non-hydrogen) atoms. The van der Waals surface area contributed by atoms with Gasteiger partial charge in [-0.3, -0.25) is 4.79 Å². The van der Waals surface area contributed by atoms with Crippen LogP contribution in [0.5, 0.6) is 11.5 Å². The van der Waals surface area contributed by atoms with Crippen LogP contribution < -0.4 is 9.47 Å². The molecule has 146 valence electrons. The molecule has 1 aliphatic heterocycles. The van der Waals surface area contributed by atoms with Crippen molar-refractivity contribution >= 4 is 16.9 Å². The number of nitrogens with zero attached hydrogens (tertiary/aromatic N) is 1. The first-order valence-electron chi connectivity index (χ1n) is 9.70. The van der Waals surface area contributed by atoms with Crippen molar-refractivity contribution in [2.24, 2.45) is 5.92 Å². The summed E-state index contributed by atoms with van der Waals surface area (Å²) in [5.41, 5.74) is 1.35. The van der Waals surface area contributed by atoms with Gasteiger partial charge in [-0.25, -0.2) is 0 Å². The van der Waals surface area contributed by atoms with Crippen LogP contribution in [0.25, 0.3) is 11.0 Å². The number of aryl methyl sites for hydroxylation is 1. The largest absolute Gasteiger partial charge is 0.497 e. The molecule has 0 radical (unpaired) electrons. The van der Waals surface area contributed by atoms with Crippen LogP contribution in [0.2, 0.25) is 0 Å². The van der Waals surface area contributed by atoms with Gasteiger partial charge in [0.25, 0.3) is 5.91 Å². The minimum atomic E-state index is 0.0221. The topological polar surface area (TPSA) is 51.9 Å². The summed E-state index contributed by atoms with van der Waals surface area (Å²) in [5.74, 6) is 2.58. The van der Waals surface area contributed by atoms with Crippen molar-refractivity contribution in [2.45, 2.75) is 19.8 Å². The van der Waals surface area contributed by atoms with E-state index in [1.165, 1.54) is 0 Å². The van der Waals surface area contributed by atoms with Crippen LogP contribution in [0.1, 0.15) is 29.0 Å². The highest BCUT2D eigenvalue weighted by Gasteiger charge is 2.28. The maximum Gasteiger partial charge on any atom is 0.258 e. The predicted octanol–water partition coefficient (Wildman–Crippen LogP) is 4.68. The number of piperidine rings is 1. The number of methoxy groups -OCH3 is 1. The second kappa shape index (κ2) is 7.97. The lowest BCUT2D eigenvalue weighted by Crippen LogP contribution is -2.41. The molecule has 4 rings (SSSR count). The number of carbonyl (C=O) groups excluding carboxylic acids is 1. The summed E-state index contributed by atoms with van der Waals surface area (Å²) in [4.78, 5) is 15.2. The Balaban J connectivity index is 1.50. The van der Waals surface area contributed by atoms with E-state index in [1.54, 1.807) is 7.11 Å². The lowest BCUT2D eigenvalue weighted by molar-refractivity contribution is 0.0633. The normalized spacial score (nSPS) is 16.9. The third kappa shape index (κ3) is 3.70. The van der Waals surface area contributed by atoms with Crippen molar-refractivity contribution in [3.05, 3.63) is 59.9 Å². The first-order chi connectivity index (χ1) is 13.7. The van der Waals surface area contributed by atoms with Crippen LogP contribution in [0.4, 0.5) is 0 Å². The fourth-order valence-corrected chi connectivity index (χ4v) is 3.87. The molecule has 1 fully saturated rings. The van der Waals surface area contributed by atoms with Crippen LogP contribution in [0.15, 0.2) is 52.9 Å². The summed E-state index contributed by atoms with van der Waals surface area (Å²) >= 11 is 0. The van der Waals surface area contributed by atoms with E-state index in [2.05, 4.69) is 0 Å². The lowest BCUT2D eigenvalue weighted by Gasteiger charge is -2.32. The molecule has 1 aliphatic rings. The zero-order valence-corrected chi connectivity index (χ0v) is 16.3. The fraction of sp³-hybridized carbons (Fsp3) is 0.348. The van der Waals surface area contributed by atoms with E-state index in [9.17, 15) is 4.79 Å². The van der Waals surface area contributed by atoms with E-state index in [0.717, 1.165) is 36.3 Å². The van der Waals surface area contributed by atoms with E-state index < -0.39 is 0 Å². The number of carbonyl (C=O) groups is 1. The number of benzene rings is 2. The number of likely N-dealkylation sites (tertiary alicyclic amines) is 1. The number of fused-ring (bicyclic) bond motifs is 1. The first kappa shape index (κ1) is 18.4. The van der Waals surface area contributed by atoms with Crippen LogP contribution in [-0.2, 0) is 0 Å². The number of ether oxygens (including phenoxy) is 2. The molecule has 2 aromatic carbocycles. The van der Waals surface area contributed by atoms with E-state index in [1.807, 2.05) is 60.4 Å². The van der Waals surface area contributed by atoms with Crippen LogP contribution in [-0.4, -0.2) is 37.6 Å². The van der Waals surface area contributed by atoms with Crippen LogP contribution >= 0.6 is 0 Å². The Morgan fingerprint density at radius 3 is 2.79 bits per heavy atom. The molecular weight excluding hydrogens is 354 g/mol. The monoisotopic (exact) mass is 379 g/mol. The average Bonchev–Trinajstić information content (AvgIpc) is 3.07. The molecule has 0 spiro atoms. The minimum absolute atomic E-state index is 0.0221. The molecule has 5 nitrogen and oxygen atoms in total. The molecule has 0 aliphatic carbocycles. The Hall–Kier alpha value is -2.95. The zero-order chi connectivity index (χ0) is 19.5. The highest BCUT2D eigenvalue weighted by atomic mass is 16.5. The van der Waals surface area contributed by atoms with Crippen molar-refractivity contribution in [1.29, 1.82) is 0 Å². The van der Waals surface area contributed by atoms with Crippen molar-refractivity contribution in [3.63, 3.8) is 0 Å². The summed E-state index contributed by atoms with van der Waals surface area (Å²) in [6, 6.07) is 15.4. The zero-order valence-electron chi connectivity index (χ0n) is 16.3. The smallest absolute Gasteiger partial charge is 0.258 e. The summed E-state index contributed by atoms with van der Waals surface area (Å²) < 4.78 is 17.1. The van der Waals surface area contributed by atoms with Crippen molar-refractivity contribution in [2.75, 3.05) is 26.8 Å². The first-order valence-corrected chi connectivity index (χ1v) is 9.70. The lowest BCUT2D eigenvalue weighted by atomic mass is 9.97. The van der Waals surface area contributed by atoms with Gasteiger partial charge in [-0.05, 0) is 50.1 Å². The van der Waals surface area contributed by atoms with Gasteiger partial charge in [0.15, 0.2) is 0 Å². The van der Waals surface area contributed by atoms with Gasteiger partial charge in [0.05, 0.1) is 19.3 Å². The summed E-state index contributed by atoms with van der Waals surface area (Å²) in [5, 5.41) is 0.810.